The van der Waals surface area contributed by atoms with Gasteiger partial charge in [0.05, 0.1) is 6.10 Å². The average molecular weight is 269 g/mol. The first-order valence-electron chi connectivity index (χ1n) is 7.87. The van der Waals surface area contributed by atoms with Crippen LogP contribution in [0.25, 0.3) is 0 Å². The van der Waals surface area contributed by atoms with Gasteiger partial charge in [0, 0.05) is 19.6 Å². The van der Waals surface area contributed by atoms with Crippen LogP contribution in [0.3, 0.4) is 0 Å². The lowest BCUT2D eigenvalue weighted by Gasteiger charge is -2.38. The van der Waals surface area contributed by atoms with Gasteiger partial charge in [-0.25, -0.2) is 0 Å². The Kier molecular flexibility index (Phi) is 5.63. The summed E-state index contributed by atoms with van der Waals surface area (Å²) in [5.74, 6) is 0. The first kappa shape index (κ1) is 15.2. The molecule has 0 aromatic rings. The van der Waals surface area contributed by atoms with E-state index in [9.17, 15) is 5.11 Å². The van der Waals surface area contributed by atoms with Gasteiger partial charge in [-0.1, -0.05) is 6.92 Å². The number of hydrogen-bond acceptors (Lipinski definition) is 4. The molecule has 2 saturated heterocycles. The molecule has 2 aliphatic heterocycles. The maximum absolute atomic E-state index is 10.1. The highest BCUT2D eigenvalue weighted by Crippen LogP contribution is 2.29. The van der Waals surface area contributed by atoms with Crippen LogP contribution in [0.1, 0.15) is 32.6 Å². The van der Waals surface area contributed by atoms with Gasteiger partial charge < -0.3 is 20.2 Å². The monoisotopic (exact) mass is 269 g/mol. The van der Waals surface area contributed by atoms with E-state index in [-0.39, 0.29) is 6.10 Å². The molecule has 1 atom stereocenters. The number of nitrogens with zero attached hydrogens (tertiary/aromatic N) is 2. The van der Waals surface area contributed by atoms with Gasteiger partial charge in [-0.05, 0) is 64.3 Å². The number of rotatable bonds is 6. The van der Waals surface area contributed by atoms with Gasteiger partial charge in [-0.15, -0.1) is 0 Å². The second kappa shape index (κ2) is 7.02. The number of hydrogen-bond donors (Lipinski definition) is 2. The van der Waals surface area contributed by atoms with Crippen LogP contribution < -0.4 is 5.32 Å². The minimum Gasteiger partial charge on any atom is -0.390 e. The highest BCUT2D eigenvalue weighted by molar-refractivity contribution is 4.83. The van der Waals surface area contributed by atoms with Crippen LogP contribution in [0.2, 0.25) is 0 Å². The molecule has 112 valence electrons. The van der Waals surface area contributed by atoms with Crippen LogP contribution in [0.15, 0.2) is 0 Å². The van der Waals surface area contributed by atoms with Crippen LogP contribution >= 0.6 is 0 Å². The minimum absolute atomic E-state index is 0.215. The van der Waals surface area contributed by atoms with E-state index in [0.717, 1.165) is 19.6 Å². The molecule has 0 aromatic carbocycles. The van der Waals surface area contributed by atoms with E-state index in [0.29, 0.717) is 5.41 Å². The maximum atomic E-state index is 10.1. The van der Waals surface area contributed by atoms with Gasteiger partial charge in [-0.2, -0.15) is 0 Å². The molecule has 2 rings (SSSR count). The Hall–Kier alpha value is -0.160. The van der Waals surface area contributed by atoms with Crippen LogP contribution in [0.5, 0.6) is 0 Å². The van der Waals surface area contributed by atoms with E-state index >= 15 is 0 Å². The Morgan fingerprint density at radius 1 is 1.16 bits per heavy atom. The number of β-amino-alcohol motifs (C(OH)–C–C–N with tert-alkyl or cyclic N) is 1. The molecule has 0 radical (unpaired) electrons. The summed E-state index contributed by atoms with van der Waals surface area (Å²) in [6, 6.07) is 0. The first-order valence-corrected chi connectivity index (χ1v) is 7.87. The van der Waals surface area contributed by atoms with Crippen LogP contribution in [0, 0.1) is 5.41 Å². The molecule has 19 heavy (non-hydrogen) atoms. The fourth-order valence-electron chi connectivity index (χ4n) is 3.20. The summed E-state index contributed by atoms with van der Waals surface area (Å²) < 4.78 is 0. The summed E-state index contributed by atoms with van der Waals surface area (Å²) in [7, 11) is 2.20. The third-order valence-electron chi connectivity index (χ3n) is 4.79. The van der Waals surface area contributed by atoms with Crippen LogP contribution in [-0.4, -0.2) is 73.9 Å². The quantitative estimate of drug-likeness (QED) is 0.747. The predicted molar refractivity (Wildman–Crippen MR) is 79.4 cm³/mol. The molecule has 0 aliphatic carbocycles. The van der Waals surface area contributed by atoms with Crippen molar-refractivity contribution in [3.63, 3.8) is 0 Å². The Morgan fingerprint density at radius 3 is 2.42 bits per heavy atom. The largest absolute Gasteiger partial charge is 0.390 e. The predicted octanol–water partition coefficient (Wildman–Crippen LogP) is 0.765. The van der Waals surface area contributed by atoms with Gasteiger partial charge in [0.2, 0.25) is 0 Å². The maximum Gasteiger partial charge on any atom is 0.0791 e. The Labute approximate surface area is 118 Å². The summed E-state index contributed by atoms with van der Waals surface area (Å²) in [5.41, 5.74) is 0.417. The third kappa shape index (κ3) is 5.03. The van der Waals surface area contributed by atoms with Gasteiger partial charge >= 0.3 is 0 Å². The van der Waals surface area contributed by atoms with E-state index in [1.165, 1.54) is 51.9 Å². The smallest absolute Gasteiger partial charge is 0.0791 e. The molecule has 0 spiro atoms. The van der Waals surface area contributed by atoms with Gasteiger partial charge in [-0.3, -0.25) is 0 Å². The number of piperidine rings is 1. The van der Waals surface area contributed by atoms with Gasteiger partial charge in [0.25, 0.3) is 0 Å². The molecule has 4 heteroatoms. The van der Waals surface area contributed by atoms with Crippen molar-refractivity contribution in [1.82, 2.24) is 15.1 Å². The summed E-state index contributed by atoms with van der Waals surface area (Å²) >= 11 is 0. The summed E-state index contributed by atoms with van der Waals surface area (Å²) in [6.07, 6.45) is 4.91. The summed E-state index contributed by atoms with van der Waals surface area (Å²) in [4.78, 5) is 4.79. The molecule has 0 amide bonds. The van der Waals surface area contributed by atoms with E-state index in [1.54, 1.807) is 0 Å². The molecule has 4 nitrogen and oxygen atoms in total. The van der Waals surface area contributed by atoms with E-state index in [1.807, 2.05) is 0 Å². The lowest BCUT2D eigenvalue weighted by molar-refractivity contribution is 0.106. The Balaban J connectivity index is 1.59. The molecule has 2 aliphatic rings. The lowest BCUT2D eigenvalue weighted by Crippen LogP contribution is -2.44. The molecule has 2 heterocycles. The zero-order valence-electron chi connectivity index (χ0n) is 12.7. The van der Waals surface area contributed by atoms with Crippen molar-refractivity contribution in [1.29, 1.82) is 0 Å². The van der Waals surface area contributed by atoms with Crippen molar-refractivity contribution < 1.29 is 5.11 Å². The van der Waals surface area contributed by atoms with Crippen molar-refractivity contribution in [2.75, 3.05) is 52.9 Å². The van der Waals surface area contributed by atoms with Crippen LogP contribution in [0.4, 0.5) is 0 Å². The molecule has 0 bridgehead atoms. The highest BCUT2D eigenvalue weighted by Gasteiger charge is 2.28. The van der Waals surface area contributed by atoms with E-state index in [4.69, 9.17) is 0 Å². The lowest BCUT2D eigenvalue weighted by atomic mass is 9.80. The second-order valence-corrected chi connectivity index (χ2v) is 6.91. The van der Waals surface area contributed by atoms with Crippen molar-refractivity contribution >= 4 is 0 Å². The number of aliphatic hydroxyl groups is 1. The van der Waals surface area contributed by atoms with Crippen molar-refractivity contribution in [2.24, 2.45) is 5.41 Å². The minimum atomic E-state index is -0.215. The Bertz CT molecular complexity index is 258. The zero-order valence-corrected chi connectivity index (χ0v) is 12.7. The SMILES string of the molecule is CN1CCC(C)(CNCC(O)CN2CCCC2)CC1. The molecule has 2 N–H and O–H groups in total. The summed E-state index contributed by atoms with van der Waals surface area (Å²) in [5, 5.41) is 13.5. The first-order chi connectivity index (χ1) is 9.07. The number of nitrogens with one attached hydrogen (secondary N) is 1. The van der Waals surface area contributed by atoms with Gasteiger partial charge in [0.15, 0.2) is 0 Å². The standard InChI is InChI=1S/C15H31N3O/c1-15(5-9-17(2)10-6-15)13-16-11-14(19)12-18-7-3-4-8-18/h14,16,19H,3-13H2,1-2H3. The fraction of sp³-hybridized carbons (Fsp3) is 1.00. The molecular formula is C15H31N3O. The molecule has 2 fully saturated rings. The molecule has 1 unspecified atom stereocenters. The normalized spacial score (nSPS) is 26.7. The van der Waals surface area contributed by atoms with Gasteiger partial charge in [0.1, 0.15) is 0 Å². The topological polar surface area (TPSA) is 38.7 Å². The zero-order chi connectivity index (χ0) is 13.7. The number of aliphatic hydroxyl groups excluding tert-OH is 1. The second-order valence-electron chi connectivity index (χ2n) is 6.91. The van der Waals surface area contributed by atoms with Crippen molar-refractivity contribution in [3.05, 3.63) is 0 Å². The molecule has 0 aromatic heterocycles. The fourth-order valence-corrected chi connectivity index (χ4v) is 3.20. The number of likely N-dealkylation sites (tertiary alicyclic amines) is 2. The van der Waals surface area contributed by atoms with Crippen LogP contribution in [-0.2, 0) is 0 Å². The third-order valence-corrected chi connectivity index (χ3v) is 4.79. The molecule has 0 saturated carbocycles. The molecular weight excluding hydrogens is 238 g/mol. The van der Waals surface area contributed by atoms with Crippen molar-refractivity contribution in [3.8, 4) is 0 Å². The van der Waals surface area contributed by atoms with Crippen molar-refractivity contribution in [2.45, 2.75) is 38.7 Å². The van der Waals surface area contributed by atoms with E-state index in [2.05, 4.69) is 29.1 Å². The highest BCUT2D eigenvalue weighted by atomic mass is 16.3. The Morgan fingerprint density at radius 2 is 1.79 bits per heavy atom. The average Bonchev–Trinajstić information content (AvgIpc) is 2.86. The van der Waals surface area contributed by atoms with E-state index < -0.39 is 0 Å². The summed E-state index contributed by atoms with van der Waals surface area (Å²) in [6.45, 7) is 9.73.